The molecule has 0 aliphatic carbocycles. The summed E-state index contributed by atoms with van der Waals surface area (Å²) in [5.74, 6) is 0.341. The number of hydrogen-bond acceptors (Lipinski definition) is 3. The van der Waals surface area contributed by atoms with E-state index >= 15 is 0 Å². The molecule has 1 aromatic carbocycles. The molecule has 1 fully saturated rings. The summed E-state index contributed by atoms with van der Waals surface area (Å²) in [6, 6.07) is 7.44. The summed E-state index contributed by atoms with van der Waals surface area (Å²) in [6.07, 6.45) is 0.813. The van der Waals surface area contributed by atoms with Crippen molar-refractivity contribution in [3.8, 4) is 5.75 Å². The lowest BCUT2D eigenvalue weighted by Crippen LogP contribution is -2.39. The maximum absolute atomic E-state index is 11.9. The molecule has 2 aliphatic heterocycles. The van der Waals surface area contributed by atoms with Gasteiger partial charge in [0.2, 0.25) is 11.8 Å². The number of imide groups is 1. The molecule has 1 atom stereocenters. The van der Waals surface area contributed by atoms with Crippen LogP contribution >= 0.6 is 0 Å². The Morgan fingerprint density at radius 1 is 1.25 bits per heavy atom. The van der Waals surface area contributed by atoms with Crippen LogP contribution in [0.2, 0.25) is 0 Å². The Balaban J connectivity index is 2.17. The van der Waals surface area contributed by atoms with E-state index in [4.69, 9.17) is 4.74 Å². The number of benzene rings is 1. The average molecular weight is 217 g/mol. The minimum absolute atomic E-state index is 0.187. The fourth-order valence-electron chi connectivity index (χ4n) is 2.52. The molecule has 0 radical (unpaired) electrons. The van der Waals surface area contributed by atoms with E-state index in [0.717, 1.165) is 11.3 Å². The van der Waals surface area contributed by atoms with E-state index < -0.39 is 5.41 Å². The van der Waals surface area contributed by atoms with E-state index in [-0.39, 0.29) is 18.2 Å². The molecule has 1 unspecified atom stereocenters. The topological polar surface area (TPSA) is 55.4 Å². The number of para-hydroxylation sites is 1. The number of carbonyl (C=O) groups is 2. The molecular weight excluding hydrogens is 206 g/mol. The first-order valence-corrected chi connectivity index (χ1v) is 5.29. The number of nitrogens with one attached hydrogen (secondary N) is 1. The third kappa shape index (κ3) is 1.10. The van der Waals surface area contributed by atoms with Crippen LogP contribution in [-0.4, -0.2) is 18.4 Å². The zero-order valence-corrected chi connectivity index (χ0v) is 8.66. The molecule has 4 heteroatoms. The summed E-state index contributed by atoms with van der Waals surface area (Å²) in [6.45, 7) is 0.484. The summed E-state index contributed by atoms with van der Waals surface area (Å²) in [7, 11) is 0. The summed E-state index contributed by atoms with van der Waals surface area (Å²) in [5, 5.41) is 2.38. The summed E-state index contributed by atoms with van der Waals surface area (Å²) in [4.78, 5) is 23.3. The monoisotopic (exact) mass is 217 g/mol. The van der Waals surface area contributed by atoms with Crippen LogP contribution in [0.3, 0.4) is 0 Å². The van der Waals surface area contributed by atoms with Gasteiger partial charge in [0.05, 0.1) is 12.0 Å². The fraction of sp³-hybridized carbons (Fsp3) is 0.333. The summed E-state index contributed by atoms with van der Waals surface area (Å²) < 4.78 is 5.50. The number of amides is 2. The van der Waals surface area contributed by atoms with E-state index in [1.54, 1.807) is 0 Å². The second-order valence-electron chi connectivity index (χ2n) is 4.23. The van der Waals surface area contributed by atoms with Gasteiger partial charge in [0, 0.05) is 18.4 Å². The Morgan fingerprint density at radius 3 is 2.81 bits per heavy atom. The Hall–Kier alpha value is -1.84. The summed E-state index contributed by atoms with van der Waals surface area (Å²) >= 11 is 0. The SMILES string of the molecule is O=C1CC2(CCOc3ccccc32)C(=O)N1. The molecule has 4 nitrogen and oxygen atoms in total. The second-order valence-corrected chi connectivity index (χ2v) is 4.23. The molecule has 0 saturated carbocycles. The molecule has 2 heterocycles. The first-order valence-electron chi connectivity index (χ1n) is 5.29. The smallest absolute Gasteiger partial charge is 0.238 e. The first kappa shape index (κ1) is 9.39. The van der Waals surface area contributed by atoms with Gasteiger partial charge in [-0.25, -0.2) is 0 Å². The fourth-order valence-corrected chi connectivity index (χ4v) is 2.52. The predicted molar refractivity (Wildman–Crippen MR) is 56.0 cm³/mol. The lowest BCUT2D eigenvalue weighted by atomic mass is 9.75. The van der Waals surface area contributed by atoms with Crippen LogP contribution in [-0.2, 0) is 15.0 Å². The average Bonchev–Trinajstić information content (AvgIpc) is 2.55. The standard InChI is InChI=1S/C12H11NO3/c14-10-7-12(11(15)13-10)5-6-16-9-4-2-1-3-8(9)12/h1-4H,5-7H2,(H,13,14,15). The van der Waals surface area contributed by atoms with Crippen molar-refractivity contribution in [1.29, 1.82) is 0 Å². The molecule has 1 N–H and O–H groups in total. The number of ether oxygens (including phenoxy) is 1. The van der Waals surface area contributed by atoms with Crippen molar-refractivity contribution in [3.63, 3.8) is 0 Å². The Morgan fingerprint density at radius 2 is 2.06 bits per heavy atom. The van der Waals surface area contributed by atoms with Gasteiger partial charge in [-0.3, -0.25) is 14.9 Å². The van der Waals surface area contributed by atoms with E-state index in [9.17, 15) is 9.59 Å². The number of fused-ring (bicyclic) bond motifs is 2. The van der Waals surface area contributed by atoms with Gasteiger partial charge in [0.25, 0.3) is 0 Å². The van der Waals surface area contributed by atoms with Crippen LogP contribution in [0.1, 0.15) is 18.4 Å². The van der Waals surface area contributed by atoms with Gasteiger partial charge in [-0.2, -0.15) is 0 Å². The summed E-state index contributed by atoms with van der Waals surface area (Å²) in [5.41, 5.74) is 0.149. The van der Waals surface area contributed by atoms with Crippen LogP contribution in [0.15, 0.2) is 24.3 Å². The quantitative estimate of drug-likeness (QED) is 0.652. The van der Waals surface area contributed by atoms with Gasteiger partial charge in [-0.15, -0.1) is 0 Å². The lowest BCUT2D eigenvalue weighted by Gasteiger charge is -2.32. The van der Waals surface area contributed by atoms with E-state index in [1.807, 2.05) is 24.3 Å². The van der Waals surface area contributed by atoms with Crippen molar-refractivity contribution in [2.75, 3.05) is 6.61 Å². The molecule has 0 bridgehead atoms. The van der Waals surface area contributed by atoms with Crippen LogP contribution < -0.4 is 10.1 Å². The van der Waals surface area contributed by atoms with Gasteiger partial charge in [-0.05, 0) is 6.07 Å². The largest absolute Gasteiger partial charge is 0.493 e. The highest BCUT2D eigenvalue weighted by Crippen LogP contribution is 2.43. The van der Waals surface area contributed by atoms with E-state index in [0.29, 0.717) is 13.0 Å². The highest BCUT2D eigenvalue weighted by atomic mass is 16.5. The molecule has 3 rings (SSSR count). The first-order chi connectivity index (χ1) is 7.72. The predicted octanol–water partition coefficient (Wildman–Crippen LogP) is 0.753. The van der Waals surface area contributed by atoms with Gasteiger partial charge in [0.1, 0.15) is 5.75 Å². The molecular formula is C12H11NO3. The number of rotatable bonds is 0. The van der Waals surface area contributed by atoms with Crippen LogP contribution in [0.5, 0.6) is 5.75 Å². The van der Waals surface area contributed by atoms with Crippen molar-refractivity contribution in [3.05, 3.63) is 29.8 Å². The molecule has 2 amide bonds. The minimum atomic E-state index is -0.689. The highest BCUT2D eigenvalue weighted by Gasteiger charge is 2.50. The minimum Gasteiger partial charge on any atom is -0.493 e. The molecule has 0 aromatic heterocycles. The van der Waals surface area contributed by atoms with Crippen molar-refractivity contribution >= 4 is 11.8 Å². The van der Waals surface area contributed by atoms with Gasteiger partial charge >= 0.3 is 0 Å². The van der Waals surface area contributed by atoms with E-state index in [2.05, 4.69) is 5.32 Å². The molecule has 2 aliphatic rings. The van der Waals surface area contributed by atoms with Gasteiger partial charge in [-0.1, -0.05) is 18.2 Å². The lowest BCUT2D eigenvalue weighted by molar-refractivity contribution is -0.127. The third-order valence-electron chi connectivity index (χ3n) is 3.34. The Labute approximate surface area is 92.6 Å². The molecule has 16 heavy (non-hydrogen) atoms. The zero-order valence-electron chi connectivity index (χ0n) is 8.66. The molecule has 82 valence electrons. The normalized spacial score (nSPS) is 27.5. The Bertz CT molecular complexity index is 483. The molecule has 1 spiro atoms. The van der Waals surface area contributed by atoms with Crippen LogP contribution in [0, 0.1) is 0 Å². The highest BCUT2D eigenvalue weighted by molar-refractivity contribution is 6.09. The van der Waals surface area contributed by atoms with Crippen molar-refractivity contribution < 1.29 is 14.3 Å². The zero-order chi connectivity index (χ0) is 11.2. The van der Waals surface area contributed by atoms with Crippen LogP contribution in [0.4, 0.5) is 0 Å². The maximum atomic E-state index is 11.9. The number of carbonyl (C=O) groups excluding carboxylic acids is 2. The van der Waals surface area contributed by atoms with Crippen molar-refractivity contribution in [1.82, 2.24) is 5.32 Å². The molecule has 1 aromatic rings. The van der Waals surface area contributed by atoms with Crippen molar-refractivity contribution in [2.45, 2.75) is 18.3 Å². The maximum Gasteiger partial charge on any atom is 0.238 e. The van der Waals surface area contributed by atoms with Crippen LogP contribution in [0.25, 0.3) is 0 Å². The number of hydrogen-bond donors (Lipinski definition) is 1. The van der Waals surface area contributed by atoms with Gasteiger partial charge < -0.3 is 4.74 Å². The third-order valence-corrected chi connectivity index (χ3v) is 3.34. The van der Waals surface area contributed by atoms with E-state index in [1.165, 1.54) is 0 Å². The van der Waals surface area contributed by atoms with Crippen molar-refractivity contribution in [2.24, 2.45) is 0 Å². The molecule has 1 saturated heterocycles. The second kappa shape index (κ2) is 3.07. The Kier molecular flexibility index (Phi) is 1.80. The van der Waals surface area contributed by atoms with Gasteiger partial charge in [0.15, 0.2) is 0 Å².